The number of aromatic nitrogens is 1. The lowest BCUT2D eigenvalue weighted by atomic mass is 10.2. The third-order valence-electron chi connectivity index (χ3n) is 4.14. The first kappa shape index (κ1) is 17.6. The van der Waals surface area contributed by atoms with Crippen molar-refractivity contribution >= 4 is 40.2 Å². The number of fused-ring (bicyclic) bond motifs is 3. The van der Waals surface area contributed by atoms with E-state index in [4.69, 9.17) is 0 Å². The average Bonchev–Trinajstić information content (AvgIpc) is 3.00. The number of hydrogen-bond donors (Lipinski definition) is 3. The summed E-state index contributed by atoms with van der Waals surface area (Å²) in [4.78, 5) is 47.9. The van der Waals surface area contributed by atoms with Crippen LogP contribution in [0.3, 0.4) is 0 Å². The number of carbonyl (C=O) groups is 4. The predicted octanol–water partition coefficient (Wildman–Crippen LogP) is -0.197. The Labute approximate surface area is 148 Å². The van der Waals surface area contributed by atoms with E-state index in [-0.39, 0.29) is 24.7 Å². The van der Waals surface area contributed by atoms with Gasteiger partial charge in [-0.2, -0.15) is 0 Å². The van der Waals surface area contributed by atoms with E-state index >= 15 is 0 Å². The zero-order valence-electron chi connectivity index (χ0n) is 14.3. The van der Waals surface area contributed by atoms with E-state index in [1.807, 2.05) is 0 Å². The van der Waals surface area contributed by atoms with Crippen LogP contribution in [0.1, 0.15) is 22.2 Å². The zero-order valence-corrected chi connectivity index (χ0v) is 14.3. The van der Waals surface area contributed by atoms with Crippen molar-refractivity contribution < 1.29 is 24.3 Å². The highest BCUT2D eigenvalue weighted by Gasteiger charge is 2.36. The summed E-state index contributed by atoms with van der Waals surface area (Å²) in [5, 5.41) is 16.0. The van der Waals surface area contributed by atoms with Gasteiger partial charge in [-0.25, -0.2) is 0 Å². The quantitative estimate of drug-likeness (QED) is 0.503. The molecule has 0 bridgehead atoms. The van der Waals surface area contributed by atoms with Crippen molar-refractivity contribution in [2.75, 3.05) is 25.5 Å². The maximum atomic E-state index is 12.2. The largest absolute Gasteiger partial charge is 0.389 e. The number of imide groups is 1. The maximum Gasteiger partial charge on any atom is 0.321 e. The number of benzene rings is 1. The van der Waals surface area contributed by atoms with Gasteiger partial charge in [0.2, 0.25) is 5.91 Å². The van der Waals surface area contributed by atoms with Crippen molar-refractivity contribution in [1.29, 1.82) is 0 Å². The Hall–Kier alpha value is -3.20. The molecule has 26 heavy (non-hydrogen) atoms. The van der Waals surface area contributed by atoms with Gasteiger partial charge in [0.05, 0.1) is 11.6 Å². The van der Waals surface area contributed by atoms with Crippen LogP contribution in [0.25, 0.3) is 10.9 Å². The summed E-state index contributed by atoms with van der Waals surface area (Å²) in [6.45, 7) is 1.70. The van der Waals surface area contributed by atoms with E-state index in [2.05, 4.69) is 10.6 Å². The molecule has 0 fully saturated rings. The minimum absolute atomic E-state index is 0.128. The number of likely N-dealkylation sites (N-methyl/N-ethyl adjacent to an activating group) is 1. The Bertz CT molecular complexity index is 933. The molecule has 2 aromatic rings. The van der Waals surface area contributed by atoms with Crippen LogP contribution in [0.2, 0.25) is 0 Å². The molecular weight excluding hydrogens is 340 g/mol. The molecule has 0 saturated carbocycles. The molecular formula is C17H18N4O5. The smallest absolute Gasteiger partial charge is 0.321 e. The second-order valence-corrected chi connectivity index (χ2v) is 6.08. The first-order valence-corrected chi connectivity index (χ1v) is 7.98. The lowest BCUT2D eigenvalue weighted by molar-refractivity contribution is -0.124. The van der Waals surface area contributed by atoms with Gasteiger partial charge in [0.1, 0.15) is 5.69 Å². The second kappa shape index (κ2) is 6.60. The van der Waals surface area contributed by atoms with Gasteiger partial charge in [-0.15, -0.1) is 0 Å². The van der Waals surface area contributed by atoms with Gasteiger partial charge in [-0.05, 0) is 24.3 Å². The normalized spacial score (nSPS) is 15.2. The summed E-state index contributed by atoms with van der Waals surface area (Å²) in [6, 6.07) is 6.58. The second-order valence-electron chi connectivity index (χ2n) is 6.08. The Balaban J connectivity index is 1.83. The van der Waals surface area contributed by atoms with Crippen LogP contribution in [0.4, 0.5) is 5.69 Å². The number of aliphatic hydroxyl groups excluding tert-OH is 1. The minimum Gasteiger partial charge on any atom is -0.389 e. The van der Waals surface area contributed by atoms with E-state index in [9.17, 15) is 24.3 Å². The highest BCUT2D eigenvalue weighted by Crippen LogP contribution is 2.26. The lowest BCUT2D eigenvalue weighted by Gasteiger charge is -2.21. The summed E-state index contributed by atoms with van der Waals surface area (Å²) in [5.74, 6) is -2.41. The molecule has 3 amide bonds. The van der Waals surface area contributed by atoms with Crippen molar-refractivity contribution in [1.82, 2.24) is 14.8 Å². The molecule has 1 atom stereocenters. The van der Waals surface area contributed by atoms with Crippen LogP contribution in [-0.4, -0.2) is 64.4 Å². The first-order chi connectivity index (χ1) is 12.3. The Morgan fingerprint density at radius 2 is 1.85 bits per heavy atom. The summed E-state index contributed by atoms with van der Waals surface area (Å²) < 4.78 is 1.12. The van der Waals surface area contributed by atoms with Gasteiger partial charge in [-0.1, -0.05) is 0 Å². The number of carbonyl (C=O) groups excluding carboxylic acids is 4. The van der Waals surface area contributed by atoms with E-state index < -0.39 is 23.8 Å². The van der Waals surface area contributed by atoms with Gasteiger partial charge in [0.15, 0.2) is 0 Å². The van der Waals surface area contributed by atoms with Crippen molar-refractivity contribution in [2.24, 2.45) is 0 Å². The van der Waals surface area contributed by atoms with Gasteiger partial charge in [0, 0.05) is 38.1 Å². The molecule has 2 heterocycles. The maximum absolute atomic E-state index is 12.2. The Morgan fingerprint density at radius 1 is 1.12 bits per heavy atom. The monoisotopic (exact) mass is 358 g/mol. The third kappa shape index (κ3) is 3.04. The van der Waals surface area contributed by atoms with E-state index in [1.54, 1.807) is 24.3 Å². The van der Waals surface area contributed by atoms with Gasteiger partial charge in [0.25, 0.3) is 5.91 Å². The molecule has 0 spiro atoms. The zero-order chi connectivity index (χ0) is 19.0. The molecule has 1 aliphatic rings. The minimum atomic E-state index is -0.872. The van der Waals surface area contributed by atoms with Crippen molar-refractivity contribution in [3.63, 3.8) is 0 Å². The molecule has 3 N–H and O–H groups in total. The standard InChI is InChI=1S/C17H18N4O5/c1-9(22)18-7-12(23)8-19-11-3-4-13-10(5-11)6-14-15(24)20(2)16(25)17(26)21(13)14/h3-6,12,19,23H,7-8H2,1-2H3,(H,18,22)/t12-/m0/s1. The highest BCUT2D eigenvalue weighted by molar-refractivity contribution is 6.43. The third-order valence-corrected chi connectivity index (χ3v) is 4.14. The highest BCUT2D eigenvalue weighted by atomic mass is 16.3. The van der Waals surface area contributed by atoms with E-state index in [1.165, 1.54) is 14.0 Å². The Kier molecular flexibility index (Phi) is 4.47. The molecule has 1 aliphatic heterocycles. The lowest BCUT2D eigenvalue weighted by Crippen LogP contribution is -2.46. The van der Waals surface area contributed by atoms with Gasteiger partial charge in [-0.3, -0.25) is 28.6 Å². The molecule has 0 radical (unpaired) electrons. The van der Waals surface area contributed by atoms with E-state index in [0.717, 1.165) is 9.47 Å². The molecule has 0 saturated heterocycles. The summed E-state index contributed by atoms with van der Waals surface area (Å²) >= 11 is 0. The topological polar surface area (TPSA) is 121 Å². The molecule has 3 rings (SSSR count). The SMILES string of the molecule is CC(=O)NC[C@H](O)CNc1ccc2c(c1)cc1n2C(=O)C(=O)N(C)C1=O. The van der Waals surface area contributed by atoms with Crippen LogP contribution in [0, 0.1) is 0 Å². The number of nitrogens with one attached hydrogen (secondary N) is 2. The fraction of sp³-hybridized carbons (Fsp3) is 0.294. The summed E-state index contributed by atoms with van der Waals surface area (Å²) in [6.07, 6.45) is -0.772. The predicted molar refractivity (Wildman–Crippen MR) is 92.8 cm³/mol. The molecule has 9 nitrogen and oxygen atoms in total. The number of hydrogen-bond acceptors (Lipinski definition) is 6. The molecule has 9 heteroatoms. The average molecular weight is 358 g/mol. The molecule has 1 aromatic carbocycles. The number of nitrogens with zero attached hydrogens (tertiary/aromatic N) is 2. The summed E-state index contributed by atoms with van der Waals surface area (Å²) in [5.41, 5.74) is 1.26. The number of anilines is 1. The molecule has 1 aromatic heterocycles. The van der Waals surface area contributed by atoms with Crippen molar-refractivity contribution in [3.05, 3.63) is 30.0 Å². The van der Waals surface area contributed by atoms with Crippen LogP contribution in [-0.2, 0) is 9.59 Å². The molecule has 0 unspecified atom stereocenters. The van der Waals surface area contributed by atoms with Crippen molar-refractivity contribution in [2.45, 2.75) is 13.0 Å². The number of rotatable bonds is 5. The fourth-order valence-electron chi connectivity index (χ4n) is 2.77. The fourth-order valence-corrected chi connectivity index (χ4v) is 2.77. The summed E-state index contributed by atoms with van der Waals surface area (Å²) in [7, 11) is 1.27. The van der Waals surface area contributed by atoms with Crippen molar-refractivity contribution in [3.8, 4) is 0 Å². The van der Waals surface area contributed by atoms with Crippen LogP contribution >= 0.6 is 0 Å². The number of aliphatic hydroxyl groups is 1. The molecule has 136 valence electrons. The van der Waals surface area contributed by atoms with Crippen LogP contribution < -0.4 is 10.6 Å². The van der Waals surface area contributed by atoms with Gasteiger partial charge >= 0.3 is 11.8 Å². The van der Waals surface area contributed by atoms with Crippen LogP contribution in [0.15, 0.2) is 24.3 Å². The first-order valence-electron chi connectivity index (χ1n) is 7.98. The van der Waals surface area contributed by atoms with Gasteiger partial charge < -0.3 is 15.7 Å². The molecule has 0 aliphatic carbocycles. The number of amides is 3. The van der Waals surface area contributed by atoms with E-state index in [0.29, 0.717) is 16.6 Å². The van der Waals surface area contributed by atoms with Crippen LogP contribution in [0.5, 0.6) is 0 Å². The Morgan fingerprint density at radius 3 is 2.54 bits per heavy atom.